The van der Waals surface area contributed by atoms with Gasteiger partial charge >= 0.3 is 6.03 Å². The minimum atomic E-state index is -0.512. The highest BCUT2D eigenvalue weighted by Crippen LogP contribution is 2.21. The number of nitrogens with one attached hydrogen (secondary N) is 2. The van der Waals surface area contributed by atoms with Gasteiger partial charge in [0.2, 0.25) is 0 Å². The molecule has 1 aromatic heterocycles. The predicted octanol–water partition coefficient (Wildman–Crippen LogP) is 4.50. The first-order chi connectivity index (χ1) is 14.9. The van der Waals surface area contributed by atoms with Gasteiger partial charge in [-0.1, -0.05) is 18.2 Å². The highest BCUT2D eigenvalue weighted by atomic mass is 19.1. The smallest absolute Gasteiger partial charge is 0.322 e. The Kier molecular flexibility index (Phi) is 6.04. The zero-order valence-corrected chi connectivity index (χ0v) is 17.7. The lowest BCUT2D eigenvalue weighted by Crippen LogP contribution is -2.41. The number of aryl methyl sites for hydroxylation is 2. The monoisotopic (exact) mass is 423 g/mol. The van der Waals surface area contributed by atoms with Crippen LogP contribution in [-0.4, -0.2) is 35.2 Å². The number of fused-ring (bicyclic) bond motifs is 1. The van der Waals surface area contributed by atoms with Crippen molar-refractivity contribution in [2.75, 3.05) is 18.5 Å². The highest BCUT2D eigenvalue weighted by Gasteiger charge is 2.24. The maximum Gasteiger partial charge on any atom is 0.322 e. The number of aromatic nitrogens is 1. The number of carbonyl (C=O) groups excluding carboxylic acids is 1. The Labute approximate surface area is 180 Å². The number of hydrogen-bond acceptors (Lipinski definition) is 3. The molecule has 2 N–H and O–H groups in total. The number of urea groups is 1. The van der Waals surface area contributed by atoms with E-state index in [4.69, 9.17) is 4.74 Å². The Balaban J connectivity index is 1.64. The maximum atomic E-state index is 14.0. The van der Waals surface area contributed by atoms with Crippen LogP contribution in [0.25, 0.3) is 10.9 Å². The zero-order chi connectivity index (χ0) is 22.0. The molecule has 6 nitrogen and oxygen atoms in total. The summed E-state index contributed by atoms with van der Waals surface area (Å²) in [5.41, 5.74) is 3.22. The van der Waals surface area contributed by atoms with Crippen molar-refractivity contribution in [1.29, 1.82) is 0 Å². The van der Waals surface area contributed by atoms with E-state index in [1.807, 2.05) is 26.0 Å². The number of carbonyl (C=O) groups is 1. The number of amides is 2. The summed E-state index contributed by atoms with van der Waals surface area (Å²) in [5.74, 6) is -0.512. The molecule has 162 valence electrons. The van der Waals surface area contributed by atoms with Crippen LogP contribution in [0.5, 0.6) is 0 Å². The molecule has 0 bridgehead atoms. The largest absolute Gasteiger partial charge is 0.376 e. The number of rotatable bonds is 5. The summed E-state index contributed by atoms with van der Waals surface area (Å²) in [4.78, 5) is 30.2. The van der Waals surface area contributed by atoms with Gasteiger partial charge in [0.25, 0.3) is 5.56 Å². The van der Waals surface area contributed by atoms with Gasteiger partial charge in [-0.25, -0.2) is 9.18 Å². The fraction of sp³-hybridized carbons (Fsp3) is 0.333. The fourth-order valence-corrected chi connectivity index (χ4v) is 4.05. The summed E-state index contributed by atoms with van der Waals surface area (Å²) in [6, 6.07) is 11.4. The average molecular weight is 423 g/mol. The Morgan fingerprint density at radius 2 is 2.06 bits per heavy atom. The van der Waals surface area contributed by atoms with Crippen LogP contribution in [0.4, 0.5) is 14.9 Å². The van der Waals surface area contributed by atoms with Crippen molar-refractivity contribution in [2.24, 2.45) is 0 Å². The van der Waals surface area contributed by atoms with Gasteiger partial charge in [-0.15, -0.1) is 0 Å². The maximum absolute atomic E-state index is 14.0. The van der Waals surface area contributed by atoms with Gasteiger partial charge in [-0.2, -0.15) is 0 Å². The van der Waals surface area contributed by atoms with Gasteiger partial charge in [0.15, 0.2) is 0 Å². The molecular weight excluding hydrogens is 397 g/mol. The van der Waals surface area contributed by atoms with Crippen LogP contribution in [-0.2, 0) is 11.3 Å². The van der Waals surface area contributed by atoms with Crippen LogP contribution in [0.2, 0.25) is 0 Å². The van der Waals surface area contributed by atoms with Crippen molar-refractivity contribution in [3.63, 3.8) is 0 Å². The number of benzene rings is 2. The molecule has 0 aliphatic carbocycles. The SMILES string of the molecule is Cc1cc(C)c2cc(CN(CC3CCCO3)C(=O)Nc3ccccc3F)c(=O)[nH]c2c1. The molecule has 1 unspecified atom stereocenters. The number of nitrogens with zero attached hydrogens (tertiary/aromatic N) is 1. The molecular formula is C24H26FN3O3. The first kappa shape index (κ1) is 21.1. The molecule has 2 heterocycles. The third-order valence-corrected chi connectivity index (χ3v) is 5.60. The summed E-state index contributed by atoms with van der Waals surface area (Å²) >= 11 is 0. The van der Waals surface area contributed by atoms with Gasteiger partial charge in [0.05, 0.1) is 18.3 Å². The van der Waals surface area contributed by atoms with Crippen molar-refractivity contribution in [1.82, 2.24) is 9.88 Å². The van der Waals surface area contributed by atoms with E-state index in [0.29, 0.717) is 18.7 Å². The molecule has 0 saturated carbocycles. The standard InChI is InChI=1S/C24H26FN3O3/c1-15-10-16(2)19-12-17(23(29)26-22(19)11-15)13-28(14-18-6-5-9-31-18)24(30)27-21-8-4-3-7-20(21)25/h3-4,7-8,10-12,18H,5-6,9,13-14H2,1-2H3,(H,26,29)(H,27,30). The molecule has 1 saturated heterocycles. The molecule has 4 rings (SSSR count). The van der Waals surface area contributed by atoms with E-state index in [-0.39, 0.29) is 23.9 Å². The van der Waals surface area contributed by atoms with Crippen molar-refractivity contribution < 1.29 is 13.9 Å². The lowest BCUT2D eigenvalue weighted by Gasteiger charge is -2.26. The molecule has 1 fully saturated rings. The third kappa shape index (κ3) is 4.77. The minimum Gasteiger partial charge on any atom is -0.376 e. The van der Waals surface area contributed by atoms with Crippen LogP contribution in [0.3, 0.4) is 0 Å². The van der Waals surface area contributed by atoms with E-state index >= 15 is 0 Å². The number of pyridine rings is 1. The van der Waals surface area contributed by atoms with Crippen LogP contribution < -0.4 is 10.9 Å². The topological polar surface area (TPSA) is 74.4 Å². The van der Waals surface area contributed by atoms with Crippen LogP contribution in [0.15, 0.2) is 47.3 Å². The summed E-state index contributed by atoms with van der Waals surface area (Å²) in [5, 5.41) is 3.56. The molecule has 31 heavy (non-hydrogen) atoms. The number of anilines is 1. The summed E-state index contributed by atoms with van der Waals surface area (Å²) < 4.78 is 19.7. The molecule has 1 aliphatic rings. The van der Waals surface area contributed by atoms with E-state index in [1.165, 1.54) is 17.0 Å². The Bertz CT molecular complexity index is 1170. The highest BCUT2D eigenvalue weighted by molar-refractivity contribution is 5.89. The van der Waals surface area contributed by atoms with Gasteiger partial charge < -0.3 is 19.9 Å². The predicted molar refractivity (Wildman–Crippen MR) is 119 cm³/mol. The average Bonchev–Trinajstić information content (AvgIpc) is 3.23. The zero-order valence-electron chi connectivity index (χ0n) is 17.7. The second kappa shape index (κ2) is 8.89. The van der Waals surface area contributed by atoms with Gasteiger partial charge in [0, 0.05) is 29.6 Å². The van der Waals surface area contributed by atoms with Crippen LogP contribution >= 0.6 is 0 Å². The molecule has 1 atom stereocenters. The summed E-state index contributed by atoms with van der Waals surface area (Å²) in [7, 11) is 0. The Morgan fingerprint density at radius 1 is 1.26 bits per heavy atom. The molecule has 0 spiro atoms. The van der Waals surface area contributed by atoms with Crippen molar-refractivity contribution >= 4 is 22.6 Å². The molecule has 7 heteroatoms. The van der Waals surface area contributed by atoms with Crippen molar-refractivity contribution in [2.45, 2.75) is 39.3 Å². The third-order valence-electron chi connectivity index (χ3n) is 5.60. The van der Waals surface area contributed by atoms with Gasteiger partial charge in [-0.05, 0) is 62.1 Å². The Morgan fingerprint density at radius 3 is 2.81 bits per heavy atom. The summed E-state index contributed by atoms with van der Waals surface area (Å²) in [6.07, 6.45) is 1.67. The number of para-hydroxylation sites is 1. The number of hydrogen-bond donors (Lipinski definition) is 2. The van der Waals surface area contributed by atoms with Crippen LogP contribution in [0.1, 0.15) is 29.5 Å². The minimum absolute atomic E-state index is 0.0960. The van der Waals surface area contributed by atoms with E-state index in [9.17, 15) is 14.0 Å². The molecule has 2 amide bonds. The Hall–Kier alpha value is -3.19. The normalized spacial score (nSPS) is 15.9. The number of ether oxygens (including phenoxy) is 1. The van der Waals surface area contributed by atoms with Crippen molar-refractivity contribution in [3.8, 4) is 0 Å². The lowest BCUT2D eigenvalue weighted by atomic mass is 10.0. The first-order valence-electron chi connectivity index (χ1n) is 10.5. The number of aromatic amines is 1. The fourth-order valence-electron chi connectivity index (χ4n) is 4.05. The van der Waals surface area contributed by atoms with E-state index in [1.54, 1.807) is 12.1 Å². The second-order valence-electron chi connectivity index (χ2n) is 8.09. The van der Waals surface area contributed by atoms with Gasteiger partial charge in [-0.3, -0.25) is 4.79 Å². The molecule has 3 aromatic rings. The molecule has 1 aliphatic heterocycles. The van der Waals surface area contributed by atoms with Crippen molar-refractivity contribution in [3.05, 3.63) is 75.3 Å². The van der Waals surface area contributed by atoms with E-state index < -0.39 is 11.8 Å². The summed E-state index contributed by atoms with van der Waals surface area (Å²) in [6.45, 7) is 5.05. The molecule has 0 radical (unpaired) electrons. The van der Waals surface area contributed by atoms with Crippen LogP contribution in [0, 0.1) is 19.7 Å². The first-order valence-corrected chi connectivity index (χ1v) is 10.5. The second-order valence-corrected chi connectivity index (χ2v) is 8.09. The number of H-pyrrole nitrogens is 1. The van der Waals surface area contributed by atoms with Gasteiger partial charge in [0.1, 0.15) is 5.82 Å². The quantitative estimate of drug-likeness (QED) is 0.635. The lowest BCUT2D eigenvalue weighted by molar-refractivity contribution is 0.0818. The van der Waals surface area contributed by atoms with E-state index in [2.05, 4.69) is 16.4 Å². The number of halogens is 1. The molecule has 2 aromatic carbocycles. The van der Waals surface area contributed by atoms with E-state index in [0.717, 1.165) is 34.9 Å².